The van der Waals surface area contributed by atoms with Gasteiger partial charge in [0.15, 0.2) is 0 Å². The molecule has 2 atom stereocenters. The number of nitrogens with one attached hydrogen (secondary N) is 1. The SMILES string of the molecule is O=C(O)C1CCN(C(=O)NC(c2ccc(F)cc2)c2ccccc2Cl)C1. The number of hydrogen-bond acceptors (Lipinski definition) is 2. The molecule has 1 fully saturated rings. The number of carbonyl (C=O) groups is 2. The molecule has 2 aromatic rings. The van der Waals surface area contributed by atoms with Crippen LogP contribution in [0.25, 0.3) is 0 Å². The topological polar surface area (TPSA) is 69.6 Å². The molecule has 2 N–H and O–H groups in total. The summed E-state index contributed by atoms with van der Waals surface area (Å²) in [6.45, 7) is 0.543. The van der Waals surface area contributed by atoms with E-state index in [0.29, 0.717) is 29.1 Å². The van der Waals surface area contributed by atoms with E-state index >= 15 is 0 Å². The maximum absolute atomic E-state index is 13.3. The zero-order chi connectivity index (χ0) is 18.7. The first-order valence-corrected chi connectivity index (χ1v) is 8.61. The first-order valence-electron chi connectivity index (χ1n) is 8.24. The molecular weight excluding hydrogens is 359 g/mol. The minimum absolute atomic E-state index is 0.166. The average molecular weight is 377 g/mol. The fraction of sp³-hybridized carbons (Fsp3) is 0.263. The Bertz CT molecular complexity index is 813. The molecule has 2 unspecified atom stereocenters. The molecule has 1 saturated heterocycles. The van der Waals surface area contributed by atoms with E-state index in [9.17, 15) is 14.0 Å². The average Bonchev–Trinajstić information content (AvgIpc) is 3.12. The monoisotopic (exact) mass is 376 g/mol. The first kappa shape index (κ1) is 18.2. The van der Waals surface area contributed by atoms with Crippen molar-refractivity contribution in [3.8, 4) is 0 Å². The van der Waals surface area contributed by atoms with Crippen LogP contribution in [-0.2, 0) is 4.79 Å². The van der Waals surface area contributed by atoms with Gasteiger partial charge in [-0.05, 0) is 35.7 Å². The lowest BCUT2D eigenvalue weighted by Gasteiger charge is -2.25. The van der Waals surface area contributed by atoms with Crippen molar-refractivity contribution >= 4 is 23.6 Å². The highest BCUT2D eigenvalue weighted by Crippen LogP contribution is 2.29. The Morgan fingerprint density at radius 1 is 1.19 bits per heavy atom. The summed E-state index contributed by atoms with van der Waals surface area (Å²) >= 11 is 6.29. The fourth-order valence-corrected chi connectivity index (χ4v) is 3.31. The number of hydrogen-bond donors (Lipinski definition) is 2. The van der Waals surface area contributed by atoms with Crippen LogP contribution < -0.4 is 5.32 Å². The van der Waals surface area contributed by atoms with Crippen LogP contribution in [0, 0.1) is 11.7 Å². The van der Waals surface area contributed by atoms with Gasteiger partial charge in [-0.3, -0.25) is 4.79 Å². The minimum Gasteiger partial charge on any atom is -0.481 e. The molecule has 2 amide bonds. The molecule has 0 radical (unpaired) electrons. The molecule has 3 rings (SSSR count). The Hall–Kier alpha value is -2.60. The molecule has 1 aliphatic rings. The van der Waals surface area contributed by atoms with Crippen molar-refractivity contribution in [1.29, 1.82) is 0 Å². The lowest BCUT2D eigenvalue weighted by molar-refractivity contribution is -0.141. The normalized spacial score (nSPS) is 17.8. The zero-order valence-corrected chi connectivity index (χ0v) is 14.6. The molecule has 0 saturated carbocycles. The van der Waals surface area contributed by atoms with Gasteiger partial charge in [0, 0.05) is 18.1 Å². The van der Waals surface area contributed by atoms with Crippen molar-refractivity contribution in [3.63, 3.8) is 0 Å². The van der Waals surface area contributed by atoms with E-state index in [0.717, 1.165) is 0 Å². The van der Waals surface area contributed by atoms with E-state index in [1.807, 2.05) is 0 Å². The van der Waals surface area contributed by atoms with Crippen LogP contribution >= 0.6 is 11.6 Å². The van der Waals surface area contributed by atoms with Gasteiger partial charge in [-0.25, -0.2) is 9.18 Å². The van der Waals surface area contributed by atoms with E-state index in [1.54, 1.807) is 36.4 Å². The van der Waals surface area contributed by atoms with Gasteiger partial charge >= 0.3 is 12.0 Å². The van der Waals surface area contributed by atoms with E-state index in [1.165, 1.54) is 17.0 Å². The summed E-state index contributed by atoms with van der Waals surface area (Å²) in [5.74, 6) is -1.83. The molecule has 26 heavy (non-hydrogen) atoms. The van der Waals surface area contributed by atoms with Gasteiger partial charge in [0.05, 0.1) is 12.0 Å². The largest absolute Gasteiger partial charge is 0.481 e. The highest BCUT2D eigenvalue weighted by atomic mass is 35.5. The first-order chi connectivity index (χ1) is 12.5. The van der Waals surface area contributed by atoms with Crippen molar-refractivity contribution in [2.75, 3.05) is 13.1 Å². The summed E-state index contributed by atoms with van der Waals surface area (Å²) in [6, 6.07) is 12.0. The second kappa shape index (κ2) is 7.74. The third kappa shape index (κ3) is 3.96. The Balaban J connectivity index is 1.85. The summed E-state index contributed by atoms with van der Waals surface area (Å²) in [4.78, 5) is 25.2. The van der Waals surface area contributed by atoms with E-state index in [2.05, 4.69) is 5.32 Å². The van der Waals surface area contributed by atoms with Crippen LogP contribution in [0.1, 0.15) is 23.6 Å². The molecule has 7 heteroatoms. The van der Waals surface area contributed by atoms with Gasteiger partial charge in [-0.1, -0.05) is 41.9 Å². The van der Waals surface area contributed by atoms with E-state index in [-0.39, 0.29) is 18.4 Å². The molecule has 5 nitrogen and oxygen atoms in total. The number of amides is 2. The standard InChI is InChI=1S/C19H18ClFN2O3/c20-16-4-2-1-3-15(16)17(12-5-7-14(21)8-6-12)22-19(26)23-10-9-13(11-23)18(24)25/h1-8,13,17H,9-11H2,(H,22,26)(H,24,25). The van der Waals surface area contributed by atoms with Crippen molar-refractivity contribution in [2.24, 2.45) is 5.92 Å². The summed E-state index contributed by atoms with van der Waals surface area (Å²) < 4.78 is 13.3. The molecule has 136 valence electrons. The minimum atomic E-state index is -0.901. The number of benzene rings is 2. The quantitative estimate of drug-likeness (QED) is 0.855. The van der Waals surface area contributed by atoms with Crippen LogP contribution in [0.15, 0.2) is 48.5 Å². The molecule has 1 heterocycles. The molecule has 0 aliphatic carbocycles. The number of rotatable bonds is 4. The maximum Gasteiger partial charge on any atom is 0.318 e. The van der Waals surface area contributed by atoms with Crippen molar-refractivity contribution in [3.05, 3.63) is 70.5 Å². The van der Waals surface area contributed by atoms with Gasteiger partial charge in [0.2, 0.25) is 0 Å². The van der Waals surface area contributed by atoms with Crippen LogP contribution in [0.4, 0.5) is 9.18 Å². The highest BCUT2D eigenvalue weighted by molar-refractivity contribution is 6.31. The number of carbonyl (C=O) groups excluding carboxylic acids is 1. The molecule has 1 aliphatic heterocycles. The number of carboxylic acids is 1. The molecule has 0 aromatic heterocycles. The van der Waals surface area contributed by atoms with Crippen LogP contribution in [0.2, 0.25) is 5.02 Å². The number of urea groups is 1. The molecule has 0 spiro atoms. The number of halogens is 2. The van der Waals surface area contributed by atoms with Crippen LogP contribution in [-0.4, -0.2) is 35.1 Å². The number of carboxylic acid groups (broad SMARTS) is 1. The summed E-state index contributed by atoms with van der Waals surface area (Å²) in [5, 5.41) is 12.5. The van der Waals surface area contributed by atoms with Gasteiger partial charge in [0.1, 0.15) is 5.82 Å². The van der Waals surface area contributed by atoms with Gasteiger partial charge in [-0.15, -0.1) is 0 Å². The predicted octanol–water partition coefficient (Wildman–Crippen LogP) is 3.68. The third-order valence-electron chi connectivity index (χ3n) is 4.51. The Labute approximate surface area is 155 Å². The van der Waals surface area contributed by atoms with Gasteiger partial charge in [0.25, 0.3) is 0 Å². The summed E-state index contributed by atoms with van der Waals surface area (Å²) in [6.07, 6.45) is 0.427. The Morgan fingerprint density at radius 2 is 1.88 bits per heavy atom. The van der Waals surface area contributed by atoms with Crippen molar-refractivity contribution in [2.45, 2.75) is 12.5 Å². The van der Waals surface area contributed by atoms with Crippen LogP contribution in [0.5, 0.6) is 0 Å². The lowest BCUT2D eigenvalue weighted by Crippen LogP contribution is -2.41. The van der Waals surface area contributed by atoms with Gasteiger partial charge < -0.3 is 15.3 Å². The predicted molar refractivity (Wildman–Crippen MR) is 95.5 cm³/mol. The smallest absolute Gasteiger partial charge is 0.318 e. The van der Waals surface area contributed by atoms with Gasteiger partial charge in [-0.2, -0.15) is 0 Å². The zero-order valence-electron chi connectivity index (χ0n) is 13.9. The van der Waals surface area contributed by atoms with E-state index < -0.39 is 17.9 Å². The lowest BCUT2D eigenvalue weighted by atomic mass is 9.98. The van der Waals surface area contributed by atoms with Crippen LogP contribution in [0.3, 0.4) is 0 Å². The molecule has 2 aromatic carbocycles. The second-order valence-electron chi connectivity index (χ2n) is 6.23. The fourth-order valence-electron chi connectivity index (χ4n) is 3.07. The van der Waals surface area contributed by atoms with E-state index in [4.69, 9.17) is 16.7 Å². The molecular formula is C19H18ClFN2O3. The van der Waals surface area contributed by atoms with Crippen molar-refractivity contribution in [1.82, 2.24) is 10.2 Å². The highest BCUT2D eigenvalue weighted by Gasteiger charge is 2.32. The number of aliphatic carboxylic acids is 1. The van der Waals surface area contributed by atoms with Crippen molar-refractivity contribution < 1.29 is 19.1 Å². The number of likely N-dealkylation sites (tertiary alicyclic amines) is 1. The summed E-state index contributed by atoms with van der Waals surface area (Å²) in [5.41, 5.74) is 1.37. The second-order valence-corrected chi connectivity index (χ2v) is 6.63. The number of nitrogens with zero attached hydrogens (tertiary/aromatic N) is 1. The maximum atomic E-state index is 13.3. The molecule has 0 bridgehead atoms. The Morgan fingerprint density at radius 3 is 2.50 bits per heavy atom. The third-order valence-corrected chi connectivity index (χ3v) is 4.86. The Kier molecular flexibility index (Phi) is 5.42. The summed E-state index contributed by atoms with van der Waals surface area (Å²) in [7, 11) is 0.